The highest BCUT2D eigenvalue weighted by Gasteiger charge is 2.15. The first kappa shape index (κ1) is 13.6. The number of amides is 1. The molecule has 2 aromatic rings. The maximum Gasteiger partial charge on any atom is 0.265 e. The summed E-state index contributed by atoms with van der Waals surface area (Å²) in [4.78, 5) is 13.7. The van der Waals surface area contributed by atoms with Crippen molar-refractivity contribution in [3.05, 3.63) is 31.4 Å². The molecule has 0 fully saturated rings. The molecule has 7 heteroatoms. The van der Waals surface area contributed by atoms with Crippen LogP contribution in [0.4, 0.5) is 0 Å². The van der Waals surface area contributed by atoms with Gasteiger partial charge in [0.05, 0.1) is 12.2 Å². The molecule has 0 saturated heterocycles. The molecule has 96 valence electrons. The number of nitrogens with zero attached hydrogens (tertiary/aromatic N) is 2. The van der Waals surface area contributed by atoms with Crippen molar-refractivity contribution in [3.63, 3.8) is 0 Å². The van der Waals surface area contributed by atoms with Crippen molar-refractivity contribution in [3.8, 4) is 0 Å². The second kappa shape index (κ2) is 6.40. The Kier molecular flexibility index (Phi) is 4.85. The van der Waals surface area contributed by atoms with Crippen molar-refractivity contribution < 1.29 is 4.79 Å². The zero-order valence-corrected chi connectivity index (χ0v) is 13.0. The number of aryl methyl sites for hydroxylation is 1. The lowest BCUT2D eigenvalue weighted by atomic mass is 10.2. The second-order valence-corrected chi connectivity index (χ2v) is 6.38. The van der Waals surface area contributed by atoms with E-state index in [1.54, 1.807) is 11.3 Å². The SMILES string of the molecule is CCCc1nnsc1C(=O)NCc1cc(Br)cs1. The molecule has 0 aliphatic rings. The summed E-state index contributed by atoms with van der Waals surface area (Å²) >= 11 is 6.16. The van der Waals surface area contributed by atoms with Crippen LogP contribution < -0.4 is 5.32 Å². The molecule has 4 nitrogen and oxygen atoms in total. The summed E-state index contributed by atoms with van der Waals surface area (Å²) in [6.07, 6.45) is 1.76. The lowest BCUT2D eigenvalue weighted by Crippen LogP contribution is -2.22. The molecule has 2 heterocycles. The van der Waals surface area contributed by atoms with E-state index < -0.39 is 0 Å². The fraction of sp³-hybridized carbons (Fsp3) is 0.364. The van der Waals surface area contributed by atoms with Gasteiger partial charge in [0.2, 0.25) is 0 Å². The molecular formula is C11H12BrN3OS2. The highest BCUT2D eigenvalue weighted by molar-refractivity contribution is 9.10. The second-order valence-electron chi connectivity index (χ2n) is 3.71. The lowest BCUT2D eigenvalue weighted by molar-refractivity contribution is 0.0954. The van der Waals surface area contributed by atoms with Crippen molar-refractivity contribution in [2.45, 2.75) is 26.3 Å². The van der Waals surface area contributed by atoms with E-state index in [0.29, 0.717) is 11.4 Å². The Balaban J connectivity index is 1.97. The molecule has 1 amide bonds. The van der Waals surface area contributed by atoms with E-state index in [0.717, 1.165) is 39.4 Å². The standard InChI is InChI=1S/C11H12BrN3OS2/c1-2-3-9-10(18-15-14-9)11(16)13-5-8-4-7(12)6-17-8/h4,6H,2-3,5H2,1H3,(H,13,16). The topological polar surface area (TPSA) is 54.9 Å². The van der Waals surface area contributed by atoms with Gasteiger partial charge in [0.25, 0.3) is 5.91 Å². The van der Waals surface area contributed by atoms with Crippen LogP contribution in [0.25, 0.3) is 0 Å². The molecule has 0 radical (unpaired) electrons. The Morgan fingerprint density at radius 3 is 3.06 bits per heavy atom. The summed E-state index contributed by atoms with van der Waals surface area (Å²) in [5.74, 6) is -0.0852. The Labute approximate surface area is 122 Å². The molecular weight excluding hydrogens is 334 g/mol. The van der Waals surface area contributed by atoms with Crippen LogP contribution in [0, 0.1) is 0 Å². The molecule has 0 aliphatic heterocycles. The number of hydrogen-bond donors (Lipinski definition) is 1. The Hall–Kier alpha value is -0.790. The van der Waals surface area contributed by atoms with Crippen molar-refractivity contribution in [1.82, 2.24) is 14.9 Å². The van der Waals surface area contributed by atoms with Crippen LogP contribution in [0.15, 0.2) is 15.9 Å². The minimum Gasteiger partial charge on any atom is -0.346 e. The van der Waals surface area contributed by atoms with Crippen LogP contribution in [0.3, 0.4) is 0 Å². The van der Waals surface area contributed by atoms with E-state index in [4.69, 9.17) is 0 Å². The van der Waals surface area contributed by atoms with E-state index in [1.165, 1.54) is 0 Å². The van der Waals surface area contributed by atoms with Gasteiger partial charge in [-0.1, -0.05) is 17.8 Å². The largest absolute Gasteiger partial charge is 0.346 e. The number of carbonyl (C=O) groups excluding carboxylic acids is 1. The maximum absolute atomic E-state index is 12.0. The van der Waals surface area contributed by atoms with Gasteiger partial charge in [0.1, 0.15) is 4.88 Å². The van der Waals surface area contributed by atoms with Crippen LogP contribution >= 0.6 is 38.8 Å². The Morgan fingerprint density at radius 2 is 2.39 bits per heavy atom. The average molecular weight is 346 g/mol. The van der Waals surface area contributed by atoms with Crippen molar-refractivity contribution >= 4 is 44.7 Å². The van der Waals surface area contributed by atoms with Gasteiger partial charge in [-0.25, -0.2) is 0 Å². The van der Waals surface area contributed by atoms with E-state index in [2.05, 4.69) is 37.8 Å². The van der Waals surface area contributed by atoms with Gasteiger partial charge < -0.3 is 5.32 Å². The van der Waals surface area contributed by atoms with E-state index in [-0.39, 0.29) is 5.91 Å². The number of rotatable bonds is 5. The molecule has 2 rings (SSSR count). The summed E-state index contributed by atoms with van der Waals surface area (Å²) in [6.45, 7) is 2.60. The molecule has 18 heavy (non-hydrogen) atoms. The van der Waals surface area contributed by atoms with Gasteiger partial charge in [0, 0.05) is 14.7 Å². The minimum atomic E-state index is -0.0852. The van der Waals surface area contributed by atoms with Gasteiger partial charge >= 0.3 is 0 Å². The summed E-state index contributed by atoms with van der Waals surface area (Å²) in [5.41, 5.74) is 0.798. The number of hydrogen-bond acceptors (Lipinski definition) is 5. The van der Waals surface area contributed by atoms with Crippen LogP contribution in [0.1, 0.15) is 33.6 Å². The Morgan fingerprint density at radius 1 is 1.56 bits per heavy atom. The molecule has 1 N–H and O–H groups in total. The molecule has 0 aromatic carbocycles. The van der Waals surface area contributed by atoms with Gasteiger partial charge in [-0.15, -0.1) is 16.4 Å². The number of nitrogens with one attached hydrogen (secondary N) is 1. The first-order chi connectivity index (χ1) is 8.70. The molecule has 0 unspecified atom stereocenters. The molecule has 0 spiro atoms. The predicted octanol–water partition coefficient (Wildman–Crippen LogP) is 3.24. The van der Waals surface area contributed by atoms with Crippen molar-refractivity contribution in [2.75, 3.05) is 0 Å². The summed E-state index contributed by atoms with van der Waals surface area (Å²) in [6, 6.07) is 2.00. The number of carbonyl (C=O) groups is 1. The lowest BCUT2D eigenvalue weighted by Gasteiger charge is -2.02. The van der Waals surface area contributed by atoms with Gasteiger partial charge in [-0.05, 0) is 39.9 Å². The van der Waals surface area contributed by atoms with Crippen molar-refractivity contribution in [1.29, 1.82) is 0 Å². The fourth-order valence-corrected chi connectivity index (χ4v) is 3.49. The van der Waals surface area contributed by atoms with Gasteiger partial charge in [0.15, 0.2) is 0 Å². The van der Waals surface area contributed by atoms with Crippen LogP contribution in [0.2, 0.25) is 0 Å². The third-order valence-electron chi connectivity index (χ3n) is 2.29. The monoisotopic (exact) mass is 345 g/mol. The number of aromatic nitrogens is 2. The molecule has 0 atom stereocenters. The van der Waals surface area contributed by atoms with Gasteiger partial charge in [-0.2, -0.15) is 0 Å². The quantitative estimate of drug-likeness (QED) is 0.904. The maximum atomic E-state index is 12.0. The number of halogens is 1. The van der Waals surface area contributed by atoms with Gasteiger partial charge in [-0.3, -0.25) is 4.79 Å². The third-order valence-corrected chi connectivity index (χ3v) is 4.76. The van der Waals surface area contributed by atoms with Crippen LogP contribution in [-0.2, 0) is 13.0 Å². The zero-order chi connectivity index (χ0) is 13.0. The molecule has 0 bridgehead atoms. The molecule has 0 saturated carbocycles. The smallest absolute Gasteiger partial charge is 0.265 e. The van der Waals surface area contributed by atoms with Crippen LogP contribution in [-0.4, -0.2) is 15.5 Å². The highest BCUT2D eigenvalue weighted by Crippen LogP contribution is 2.20. The third kappa shape index (κ3) is 3.37. The normalized spacial score (nSPS) is 10.6. The molecule has 0 aliphatic carbocycles. The zero-order valence-electron chi connectivity index (χ0n) is 9.77. The van der Waals surface area contributed by atoms with E-state index >= 15 is 0 Å². The van der Waals surface area contributed by atoms with Crippen LogP contribution in [0.5, 0.6) is 0 Å². The fourth-order valence-electron chi connectivity index (χ4n) is 1.48. The minimum absolute atomic E-state index is 0.0852. The summed E-state index contributed by atoms with van der Waals surface area (Å²) in [7, 11) is 0. The number of thiophene rings is 1. The predicted molar refractivity (Wildman–Crippen MR) is 77.1 cm³/mol. The summed E-state index contributed by atoms with van der Waals surface area (Å²) in [5, 5.41) is 8.88. The first-order valence-corrected chi connectivity index (χ1v) is 7.97. The Bertz CT molecular complexity index is 538. The highest BCUT2D eigenvalue weighted by atomic mass is 79.9. The average Bonchev–Trinajstić information content (AvgIpc) is 2.96. The van der Waals surface area contributed by atoms with E-state index in [1.807, 2.05) is 11.4 Å². The summed E-state index contributed by atoms with van der Waals surface area (Å²) < 4.78 is 4.89. The first-order valence-electron chi connectivity index (χ1n) is 5.53. The van der Waals surface area contributed by atoms with Crippen molar-refractivity contribution in [2.24, 2.45) is 0 Å². The molecule has 2 aromatic heterocycles. The van der Waals surface area contributed by atoms with E-state index in [9.17, 15) is 4.79 Å².